The number of hydrogen-bond acceptors (Lipinski definition) is 2. The van der Waals surface area contributed by atoms with Crippen molar-refractivity contribution in [3.8, 4) is 0 Å². The largest absolute Gasteiger partial charge is 0.388 e. The lowest BCUT2D eigenvalue weighted by Gasteiger charge is -2.02. The van der Waals surface area contributed by atoms with E-state index in [1.807, 2.05) is 7.05 Å². The maximum Gasteiger partial charge on any atom is 0.0340 e. The van der Waals surface area contributed by atoms with Gasteiger partial charge in [0.25, 0.3) is 0 Å². The van der Waals surface area contributed by atoms with E-state index in [9.17, 15) is 0 Å². The number of rotatable bonds is 3. The number of thiol groups is 1. The van der Waals surface area contributed by atoms with Crippen LogP contribution < -0.4 is 5.32 Å². The smallest absolute Gasteiger partial charge is 0.0340 e. The van der Waals surface area contributed by atoms with Gasteiger partial charge in [0.2, 0.25) is 0 Å². The molecular formula is C9H13NS. The van der Waals surface area contributed by atoms with Gasteiger partial charge in [0.15, 0.2) is 0 Å². The number of anilines is 1. The van der Waals surface area contributed by atoms with Gasteiger partial charge in [-0.2, -0.15) is 12.6 Å². The van der Waals surface area contributed by atoms with Gasteiger partial charge in [-0.05, 0) is 29.9 Å². The lowest BCUT2D eigenvalue weighted by Crippen LogP contribution is -1.90. The molecule has 0 aromatic heterocycles. The summed E-state index contributed by atoms with van der Waals surface area (Å²) in [5, 5.41) is 3.10. The highest BCUT2D eigenvalue weighted by atomic mass is 32.1. The Labute approximate surface area is 73.2 Å². The molecule has 0 heterocycles. The topological polar surface area (TPSA) is 12.0 Å². The van der Waals surface area contributed by atoms with Crippen molar-refractivity contribution in [2.75, 3.05) is 18.1 Å². The first-order chi connectivity index (χ1) is 5.36. The van der Waals surface area contributed by atoms with Crippen molar-refractivity contribution in [1.82, 2.24) is 0 Å². The van der Waals surface area contributed by atoms with Crippen LogP contribution in [0.15, 0.2) is 24.3 Å². The molecule has 60 valence electrons. The molecule has 0 saturated carbocycles. The van der Waals surface area contributed by atoms with Crippen LogP contribution in [0.25, 0.3) is 0 Å². The third-order valence-corrected chi connectivity index (χ3v) is 1.84. The standard InChI is InChI=1S/C9H13NS/c1-10-9-4-2-3-8(7-9)5-6-11/h2-4,7,10-11H,5-6H2,1H3. The normalized spacial score (nSPS) is 9.64. The van der Waals surface area contributed by atoms with Crippen LogP contribution >= 0.6 is 12.6 Å². The molecule has 1 aromatic rings. The van der Waals surface area contributed by atoms with Crippen molar-refractivity contribution >= 4 is 18.3 Å². The van der Waals surface area contributed by atoms with Gasteiger partial charge >= 0.3 is 0 Å². The quantitative estimate of drug-likeness (QED) is 0.658. The fourth-order valence-electron chi connectivity index (χ4n) is 1.01. The average Bonchev–Trinajstić information content (AvgIpc) is 2.06. The monoisotopic (exact) mass is 167 g/mol. The molecule has 0 atom stereocenters. The molecule has 0 unspecified atom stereocenters. The fourth-order valence-corrected chi connectivity index (χ4v) is 1.27. The number of hydrogen-bond donors (Lipinski definition) is 2. The molecular weight excluding hydrogens is 154 g/mol. The van der Waals surface area contributed by atoms with Gasteiger partial charge in [-0.15, -0.1) is 0 Å². The van der Waals surface area contributed by atoms with Crippen molar-refractivity contribution in [3.05, 3.63) is 29.8 Å². The lowest BCUT2D eigenvalue weighted by atomic mass is 10.1. The minimum atomic E-state index is 0.910. The Kier molecular flexibility index (Phi) is 3.30. The first kappa shape index (κ1) is 8.47. The van der Waals surface area contributed by atoms with Gasteiger partial charge in [-0.3, -0.25) is 0 Å². The van der Waals surface area contributed by atoms with Crippen molar-refractivity contribution < 1.29 is 0 Å². The zero-order valence-electron chi connectivity index (χ0n) is 6.67. The summed E-state index contributed by atoms with van der Waals surface area (Å²) >= 11 is 4.18. The number of benzene rings is 1. The van der Waals surface area contributed by atoms with Crippen LogP contribution in [-0.2, 0) is 6.42 Å². The summed E-state index contributed by atoms with van der Waals surface area (Å²) < 4.78 is 0. The molecule has 0 saturated heterocycles. The van der Waals surface area contributed by atoms with Crippen LogP contribution in [-0.4, -0.2) is 12.8 Å². The van der Waals surface area contributed by atoms with Crippen molar-refractivity contribution in [1.29, 1.82) is 0 Å². The molecule has 1 nitrogen and oxygen atoms in total. The molecule has 1 N–H and O–H groups in total. The number of nitrogens with one attached hydrogen (secondary N) is 1. The van der Waals surface area contributed by atoms with E-state index in [0.29, 0.717) is 0 Å². The summed E-state index contributed by atoms with van der Waals surface area (Å²) in [4.78, 5) is 0. The zero-order chi connectivity index (χ0) is 8.10. The van der Waals surface area contributed by atoms with Crippen LogP contribution in [0.4, 0.5) is 5.69 Å². The third-order valence-electron chi connectivity index (χ3n) is 1.62. The van der Waals surface area contributed by atoms with E-state index in [4.69, 9.17) is 0 Å². The summed E-state index contributed by atoms with van der Waals surface area (Å²) in [7, 11) is 1.93. The molecule has 0 spiro atoms. The Morgan fingerprint density at radius 1 is 1.45 bits per heavy atom. The Balaban J connectivity index is 2.74. The summed E-state index contributed by atoms with van der Waals surface area (Å²) in [5.74, 6) is 0.910. The van der Waals surface area contributed by atoms with Crippen LogP contribution in [0.3, 0.4) is 0 Å². The predicted molar refractivity (Wildman–Crippen MR) is 53.5 cm³/mol. The van der Waals surface area contributed by atoms with Crippen LogP contribution in [0.2, 0.25) is 0 Å². The second-order valence-corrected chi connectivity index (χ2v) is 2.87. The van der Waals surface area contributed by atoms with E-state index in [-0.39, 0.29) is 0 Å². The maximum atomic E-state index is 4.18. The van der Waals surface area contributed by atoms with E-state index in [2.05, 4.69) is 42.2 Å². The SMILES string of the molecule is CNc1cccc(CCS)c1. The second kappa shape index (κ2) is 4.29. The van der Waals surface area contributed by atoms with Crippen molar-refractivity contribution in [2.24, 2.45) is 0 Å². The first-order valence-electron chi connectivity index (χ1n) is 3.74. The first-order valence-corrected chi connectivity index (χ1v) is 4.37. The predicted octanol–water partition coefficient (Wildman–Crippen LogP) is 2.20. The van der Waals surface area contributed by atoms with Gasteiger partial charge < -0.3 is 5.32 Å². The van der Waals surface area contributed by atoms with E-state index >= 15 is 0 Å². The Bertz CT molecular complexity index is 223. The molecule has 1 rings (SSSR count). The highest BCUT2D eigenvalue weighted by Gasteiger charge is 1.91. The Morgan fingerprint density at radius 3 is 2.91 bits per heavy atom. The van der Waals surface area contributed by atoms with E-state index in [1.165, 1.54) is 11.3 Å². The molecule has 0 aliphatic carbocycles. The van der Waals surface area contributed by atoms with E-state index in [1.54, 1.807) is 0 Å². The average molecular weight is 167 g/mol. The summed E-state index contributed by atoms with van der Waals surface area (Å²) in [6.07, 6.45) is 1.04. The summed E-state index contributed by atoms with van der Waals surface area (Å²) in [6, 6.07) is 8.39. The molecule has 0 fully saturated rings. The van der Waals surface area contributed by atoms with Gasteiger partial charge in [0.1, 0.15) is 0 Å². The molecule has 11 heavy (non-hydrogen) atoms. The Morgan fingerprint density at radius 2 is 2.27 bits per heavy atom. The van der Waals surface area contributed by atoms with E-state index < -0.39 is 0 Å². The van der Waals surface area contributed by atoms with Gasteiger partial charge in [-0.25, -0.2) is 0 Å². The molecule has 0 amide bonds. The highest BCUT2D eigenvalue weighted by molar-refractivity contribution is 7.80. The maximum absolute atomic E-state index is 4.18. The minimum absolute atomic E-state index is 0.910. The van der Waals surface area contributed by atoms with Gasteiger partial charge in [0, 0.05) is 12.7 Å². The lowest BCUT2D eigenvalue weighted by molar-refractivity contribution is 1.16. The van der Waals surface area contributed by atoms with Gasteiger partial charge in [-0.1, -0.05) is 12.1 Å². The zero-order valence-corrected chi connectivity index (χ0v) is 7.57. The van der Waals surface area contributed by atoms with Crippen molar-refractivity contribution in [2.45, 2.75) is 6.42 Å². The third kappa shape index (κ3) is 2.46. The Hall–Kier alpha value is -0.630. The molecule has 0 bridgehead atoms. The molecule has 2 heteroatoms. The molecule has 0 aliphatic rings. The second-order valence-electron chi connectivity index (χ2n) is 2.42. The van der Waals surface area contributed by atoms with Crippen LogP contribution in [0.1, 0.15) is 5.56 Å². The van der Waals surface area contributed by atoms with E-state index in [0.717, 1.165) is 12.2 Å². The summed E-state index contributed by atoms with van der Waals surface area (Å²) in [6.45, 7) is 0. The van der Waals surface area contributed by atoms with Gasteiger partial charge in [0.05, 0.1) is 0 Å². The molecule has 0 aliphatic heterocycles. The van der Waals surface area contributed by atoms with Crippen LogP contribution in [0, 0.1) is 0 Å². The number of aryl methyl sites for hydroxylation is 1. The summed E-state index contributed by atoms with van der Waals surface area (Å²) in [5.41, 5.74) is 2.51. The fraction of sp³-hybridized carbons (Fsp3) is 0.333. The van der Waals surface area contributed by atoms with Crippen LogP contribution in [0.5, 0.6) is 0 Å². The van der Waals surface area contributed by atoms with Crippen molar-refractivity contribution in [3.63, 3.8) is 0 Å². The molecule has 1 aromatic carbocycles. The minimum Gasteiger partial charge on any atom is -0.388 e. The highest BCUT2D eigenvalue weighted by Crippen LogP contribution is 2.10. The molecule has 0 radical (unpaired) electrons.